The van der Waals surface area contributed by atoms with Crippen molar-refractivity contribution in [1.29, 1.82) is 0 Å². The third-order valence-electron chi connectivity index (χ3n) is 2.86. The maximum absolute atomic E-state index is 12.1. The predicted octanol–water partition coefficient (Wildman–Crippen LogP) is 2.32. The average molecular weight is 290 g/mol. The van der Waals surface area contributed by atoms with E-state index >= 15 is 0 Å². The van der Waals surface area contributed by atoms with Crippen LogP contribution in [0, 0.1) is 0 Å². The Bertz CT molecular complexity index is 477. The number of sulfonamides is 1. The largest absolute Gasteiger partial charge is 0.284 e. The van der Waals surface area contributed by atoms with Gasteiger partial charge in [0.05, 0.1) is 18.4 Å². The molecule has 0 radical (unpaired) electrons. The van der Waals surface area contributed by atoms with E-state index in [9.17, 15) is 8.42 Å². The van der Waals surface area contributed by atoms with Crippen LogP contribution >= 0.6 is 11.6 Å². The minimum Gasteiger partial charge on any atom is -0.284 e. The second kappa shape index (κ2) is 6.02. The molecule has 0 bridgehead atoms. The van der Waals surface area contributed by atoms with Gasteiger partial charge in [0.25, 0.3) is 0 Å². The summed E-state index contributed by atoms with van der Waals surface area (Å²) in [4.78, 5) is 5.28. The molecular weight excluding hydrogens is 274 g/mol. The van der Waals surface area contributed by atoms with Gasteiger partial charge in [0.1, 0.15) is 0 Å². The molecule has 1 aromatic carbocycles. The highest BCUT2D eigenvalue weighted by molar-refractivity contribution is 7.88. The molecule has 1 aliphatic heterocycles. The Hall–Kier alpha value is -0.620. The number of rotatable bonds is 5. The Morgan fingerprint density at radius 2 is 2.06 bits per heavy atom. The molecule has 1 saturated heterocycles. The van der Waals surface area contributed by atoms with Crippen LogP contribution < -0.4 is 0 Å². The Kier molecular flexibility index (Phi) is 4.61. The average Bonchev–Trinajstić information content (AvgIpc) is 2.87. The fourth-order valence-electron chi connectivity index (χ4n) is 2.01. The predicted molar refractivity (Wildman–Crippen MR) is 70.7 cm³/mol. The Labute approximate surface area is 113 Å². The van der Waals surface area contributed by atoms with Crippen molar-refractivity contribution in [3.8, 4) is 0 Å². The molecule has 0 saturated carbocycles. The molecule has 0 aromatic heterocycles. The lowest BCUT2D eigenvalue weighted by Crippen LogP contribution is -2.31. The van der Waals surface area contributed by atoms with Crippen molar-refractivity contribution in [2.24, 2.45) is 0 Å². The van der Waals surface area contributed by atoms with Crippen LogP contribution in [0.25, 0.3) is 0 Å². The summed E-state index contributed by atoms with van der Waals surface area (Å²) >= 11 is 5.54. The van der Waals surface area contributed by atoms with E-state index in [1.54, 1.807) is 0 Å². The van der Waals surface area contributed by atoms with E-state index in [1.165, 1.54) is 0 Å². The Morgan fingerprint density at radius 3 is 2.72 bits per heavy atom. The van der Waals surface area contributed by atoms with Crippen LogP contribution in [0.15, 0.2) is 30.3 Å². The van der Waals surface area contributed by atoms with Crippen molar-refractivity contribution < 1.29 is 13.3 Å². The second-order valence-corrected chi connectivity index (χ2v) is 6.47. The van der Waals surface area contributed by atoms with Crippen molar-refractivity contribution >= 4 is 21.6 Å². The molecule has 2 rings (SSSR count). The van der Waals surface area contributed by atoms with E-state index in [4.69, 9.17) is 16.4 Å². The summed E-state index contributed by atoms with van der Waals surface area (Å²) in [6.45, 7) is 0.430. The number of hydrogen-bond acceptors (Lipinski definition) is 3. The van der Waals surface area contributed by atoms with Crippen LogP contribution in [-0.2, 0) is 14.9 Å². The number of hydroxylamine groups is 1. The molecule has 4 nitrogen and oxygen atoms in total. The first-order valence-electron chi connectivity index (χ1n) is 5.91. The van der Waals surface area contributed by atoms with Gasteiger partial charge in [-0.15, -0.1) is 11.6 Å². The summed E-state index contributed by atoms with van der Waals surface area (Å²) < 4.78 is 25.4. The number of alkyl halides is 1. The summed E-state index contributed by atoms with van der Waals surface area (Å²) in [6, 6.07) is 9.33. The maximum atomic E-state index is 12.1. The van der Waals surface area contributed by atoms with Gasteiger partial charge in [0, 0.05) is 5.88 Å². The van der Waals surface area contributed by atoms with Crippen LogP contribution in [0.1, 0.15) is 24.4 Å². The fourth-order valence-corrected chi connectivity index (χ4v) is 3.85. The van der Waals surface area contributed by atoms with Gasteiger partial charge in [-0.25, -0.2) is 8.42 Å². The van der Waals surface area contributed by atoms with Crippen molar-refractivity contribution in [3.63, 3.8) is 0 Å². The zero-order valence-corrected chi connectivity index (χ0v) is 11.5. The SMILES string of the molecule is O=S(=O)(CCCCl)N1OCC[C@H]1c1ccccc1. The summed E-state index contributed by atoms with van der Waals surface area (Å²) in [5.41, 5.74) is 0.962. The zero-order chi connectivity index (χ0) is 13.0. The van der Waals surface area contributed by atoms with E-state index in [-0.39, 0.29) is 11.8 Å². The fraction of sp³-hybridized carbons (Fsp3) is 0.500. The van der Waals surface area contributed by atoms with Crippen molar-refractivity contribution in [1.82, 2.24) is 4.47 Å². The van der Waals surface area contributed by atoms with Crippen LogP contribution in [0.5, 0.6) is 0 Å². The molecule has 0 N–H and O–H groups in total. The normalized spacial score (nSPS) is 21.3. The molecule has 100 valence electrons. The molecule has 0 unspecified atom stereocenters. The highest BCUT2D eigenvalue weighted by Crippen LogP contribution is 2.32. The lowest BCUT2D eigenvalue weighted by molar-refractivity contribution is -0.0499. The lowest BCUT2D eigenvalue weighted by Gasteiger charge is -2.22. The minimum absolute atomic E-state index is 0.0276. The lowest BCUT2D eigenvalue weighted by atomic mass is 10.1. The first-order valence-corrected chi connectivity index (χ1v) is 8.05. The van der Waals surface area contributed by atoms with E-state index in [2.05, 4.69) is 0 Å². The third kappa shape index (κ3) is 3.03. The third-order valence-corrected chi connectivity index (χ3v) is 4.84. The Morgan fingerprint density at radius 1 is 1.33 bits per heavy atom. The van der Waals surface area contributed by atoms with Crippen LogP contribution in [0.3, 0.4) is 0 Å². The highest BCUT2D eigenvalue weighted by atomic mass is 35.5. The standard InChI is InChI=1S/C12H16ClNO3S/c13-8-4-10-18(15,16)14-12(7-9-17-14)11-5-2-1-3-6-11/h1-3,5-6,12H,4,7-10H2/t12-/m0/s1. The summed E-state index contributed by atoms with van der Waals surface area (Å²) in [6.07, 6.45) is 1.12. The van der Waals surface area contributed by atoms with Crippen LogP contribution in [-0.4, -0.2) is 31.1 Å². The van der Waals surface area contributed by atoms with Crippen LogP contribution in [0.4, 0.5) is 0 Å². The summed E-state index contributed by atoms with van der Waals surface area (Å²) in [5.74, 6) is 0.364. The minimum atomic E-state index is -3.39. The van der Waals surface area contributed by atoms with E-state index in [1.807, 2.05) is 30.3 Å². The molecule has 0 amide bonds. The van der Waals surface area contributed by atoms with Gasteiger partial charge < -0.3 is 0 Å². The maximum Gasteiger partial charge on any atom is 0.236 e. The zero-order valence-electron chi connectivity index (χ0n) is 9.96. The molecule has 1 heterocycles. The number of hydrogen-bond donors (Lipinski definition) is 0. The van der Waals surface area contributed by atoms with Gasteiger partial charge in [0.15, 0.2) is 0 Å². The van der Waals surface area contributed by atoms with Crippen molar-refractivity contribution in [2.75, 3.05) is 18.2 Å². The number of halogens is 1. The van der Waals surface area contributed by atoms with E-state index in [0.29, 0.717) is 25.3 Å². The first-order chi connectivity index (χ1) is 8.65. The number of benzene rings is 1. The van der Waals surface area contributed by atoms with Gasteiger partial charge in [-0.05, 0) is 18.4 Å². The molecule has 0 spiro atoms. The Balaban J connectivity index is 2.18. The second-order valence-electron chi connectivity index (χ2n) is 4.16. The summed E-state index contributed by atoms with van der Waals surface area (Å²) in [7, 11) is -3.39. The van der Waals surface area contributed by atoms with Gasteiger partial charge in [-0.3, -0.25) is 4.84 Å². The van der Waals surface area contributed by atoms with Gasteiger partial charge in [0.2, 0.25) is 10.0 Å². The quantitative estimate of drug-likeness (QED) is 0.782. The molecule has 1 aromatic rings. The molecular formula is C12H16ClNO3S. The molecule has 18 heavy (non-hydrogen) atoms. The topological polar surface area (TPSA) is 46.6 Å². The molecule has 0 aliphatic carbocycles. The van der Waals surface area contributed by atoms with Crippen molar-refractivity contribution in [3.05, 3.63) is 35.9 Å². The van der Waals surface area contributed by atoms with Gasteiger partial charge in [-0.1, -0.05) is 34.8 Å². The van der Waals surface area contributed by atoms with Gasteiger partial charge >= 0.3 is 0 Å². The van der Waals surface area contributed by atoms with Gasteiger partial charge in [-0.2, -0.15) is 0 Å². The summed E-state index contributed by atoms with van der Waals surface area (Å²) in [5, 5.41) is 0. The number of nitrogens with zero attached hydrogens (tertiary/aromatic N) is 1. The highest BCUT2D eigenvalue weighted by Gasteiger charge is 2.36. The smallest absolute Gasteiger partial charge is 0.236 e. The van der Waals surface area contributed by atoms with E-state index < -0.39 is 10.0 Å². The first kappa shape index (κ1) is 13.8. The molecule has 1 aliphatic rings. The van der Waals surface area contributed by atoms with E-state index in [0.717, 1.165) is 10.0 Å². The molecule has 6 heteroatoms. The van der Waals surface area contributed by atoms with Crippen LogP contribution in [0.2, 0.25) is 0 Å². The molecule has 1 atom stereocenters. The monoisotopic (exact) mass is 289 g/mol. The van der Waals surface area contributed by atoms with Crippen molar-refractivity contribution in [2.45, 2.75) is 18.9 Å². The molecule has 1 fully saturated rings.